The van der Waals surface area contributed by atoms with Crippen LogP contribution in [0.15, 0.2) is 54.6 Å². The minimum Gasteiger partial charge on any atom is -0.399 e. The molecule has 0 unspecified atom stereocenters. The number of hydrogen-bond acceptors (Lipinski definition) is 3. The van der Waals surface area contributed by atoms with Crippen molar-refractivity contribution in [2.45, 2.75) is 0 Å². The molecule has 15 heavy (non-hydrogen) atoms. The Balaban J connectivity index is 0.000000151. The maximum absolute atomic E-state index is 7.03. The van der Waals surface area contributed by atoms with Gasteiger partial charge in [-0.15, -0.1) is 0 Å². The van der Waals surface area contributed by atoms with Crippen LogP contribution in [0.5, 0.6) is 0 Å². The summed E-state index contributed by atoms with van der Waals surface area (Å²) in [4.78, 5) is 0. The Kier molecular flexibility index (Phi) is 4.04. The van der Waals surface area contributed by atoms with Crippen LogP contribution in [-0.4, -0.2) is 11.4 Å². The van der Waals surface area contributed by atoms with Gasteiger partial charge in [-0.3, -0.25) is 10.8 Å². The number of nitrogens with one attached hydrogen (secondary N) is 2. The lowest BCUT2D eigenvalue weighted by atomic mass is 10.1. The van der Waals surface area contributed by atoms with Gasteiger partial charge in [-0.05, 0) is 24.3 Å². The predicted octanol–water partition coefficient (Wildman–Crippen LogP) is 2.42. The highest BCUT2D eigenvalue weighted by molar-refractivity contribution is 6.48. The molecule has 76 valence electrons. The van der Waals surface area contributed by atoms with Gasteiger partial charge < -0.3 is 5.73 Å². The molecule has 4 N–H and O–H groups in total. The Hall–Kier alpha value is -2.16. The monoisotopic (exact) mass is 199 g/mol. The van der Waals surface area contributed by atoms with Crippen molar-refractivity contribution in [1.29, 1.82) is 10.8 Å². The van der Waals surface area contributed by atoms with E-state index < -0.39 is 0 Å². The van der Waals surface area contributed by atoms with Crippen LogP contribution in [0, 0.1) is 10.8 Å². The first-order chi connectivity index (χ1) is 7.20. The highest BCUT2D eigenvalue weighted by Gasteiger charge is 1.97. The minimum absolute atomic E-state index is 0.285. The Morgan fingerprint density at radius 2 is 1.27 bits per heavy atom. The molecular weight excluding hydrogens is 186 g/mol. The van der Waals surface area contributed by atoms with E-state index >= 15 is 0 Å². The summed E-state index contributed by atoms with van der Waals surface area (Å²) in [6, 6.07) is 9.49. The third-order valence-corrected chi connectivity index (χ3v) is 1.73. The predicted molar refractivity (Wildman–Crippen MR) is 64.6 cm³/mol. The largest absolute Gasteiger partial charge is 0.399 e. The van der Waals surface area contributed by atoms with E-state index in [4.69, 9.17) is 16.6 Å². The number of hydrogen-bond donors (Lipinski definition) is 3. The van der Waals surface area contributed by atoms with E-state index in [1.54, 1.807) is 24.3 Å². The van der Waals surface area contributed by atoms with Crippen LogP contribution in [0.4, 0.5) is 5.69 Å². The molecule has 0 bridgehead atoms. The van der Waals surface area contributed by atoms with Crippen molar-refractivity contribution in [3.8, 4) is 0 Å². The molecule has 0 saturated carbocycles. The summed E-state index contributed by atoms with van der Waals surface area (Å²) in [5.74, 6) is 0. The Labute approximate surface area is 89.0 Å². The third-order valence-electron chi connectivity index (χ3n) is 1.73. The lowest BCUT2D eigenvalue weighted by molar-refractivity contribution is 1.49. The molecule has 1 aliphatic rings. The van der Waals surface area contributed by atoms with Gasteiger partial charge in [0, 0.05) is 5.69 Å². The summed E-state index contributed by atoms with van der Waals surface area (Å²) < 4.78 is 0. The minimum atomic E-state index is 0.285. The molecule has 1 aromatic rings. The summed E-state index contributed by atoms with van der Waals surface area (Å²) in [7, 11) is 0. The average molecular weight is 199 g/mol. The molecule has 1 aromatic carbocycles. The second-order valence-electron chi connectivity index (χ2n) is 2.96. The fourth-order valence-corrected chi connectivity index (χ4v) is 0.936. The summed E-state index contributed by atoms with van der Waals surface area (Å²) in [5, 5.41) is 14.1. The van der Waals surface area contributed by atoms with Crippen LogP contribution in [-0.2, 0) is 0 Å². The van der Waals surface area contributed by atoms with E-state index in [1.807, 2.05) is 30.3 Å². The van der Waals surface area contributed by atoms with E-state index in [0.717, 1.165) is 5.69 Å². The fraction of sp³-hybridized carbons (Fsp3) is 0. The number of benzene rings is 1. The number of nitrogens with two attached hydrogens (primary N) is 1. The molecule has 3 nitrogen and oxygen atoms in total. The van der Waals surface area contributed by atoms with Crippen molar-refractivity contribution >= 4 is 17.1 Å². The van der Waals surface area contributed by atoms with Crippen molar-refractivity contribution < 1.29 is 0 Å². The van der Waals surface area contributed by atoms with E-state index in [9.17, 15) is 0 Å². The fourth-order valence-electron chi connectivity index (χ4n) is 0.936. The SMILES string of the molecule is N=C1C=CC=CC1=N.Nc1ccccc1. The topological polar surface area (TPSA) is 73.7 Å². The van der Waals surface area contributed by atoms with Crippen LogP contribution >= 0.6 is 0 Å². The van der Waals surface area contributed by atoms with E-state index in [1.165, 1.54) is 0 Å². The van der Waals surface area contributed by atoms with Gasteiger partial charge in [-0.25, -0.2) is 0 Å². The van der Waals surface area contributed by atoms with Gasteiger partial charge in [-0.2, -0.15) is 0 Å². The zero-order chi connectivity index (χ0) is 11.1. The van der Waals surface area contributed by atoms with Crippen molar-refractivity contribution in [3.63, 3.8) is 0 Å². The molecule has 0 fully saturated rings. The molecule has 2 rings (SSSR count). The molecule has 0 amide bonds. The molecule has 0 atom stereocenters. The van der Waals surface area contributed by atoms with Crippen molar-refractivity contribution in [2.75, 3.05) is 5.73 Å². The first kappa shape index (κ1) is 10.9. The highest BCUT2D eigenvalue weighted by Crippen LogP contribution is 1.95. The smallest absolute Gasteiger partial charge is 0.0789 e. The molecular formula is C12H13N3. The van der Waals surface area contributed by atoms with Gasteiger partial charge in [0.05, 0.1) is 11.4 Å². The maximum Gasteiger partial charge on any atom is 0.0789 e. The lowest BCUT2D eigenvalue weighted by Crippen LogP contribution is -2.06. The van der Waals surface area contributed by atoms with Crippen LogP contribution < -0.4 is 5.73 Å². The van der Waals surface area contributed by atoms with Gasteiger partial charge in [0.25, 0.3) is 0 Å². The molecule has 0 heterocycles. The van der Waals surface area contributed by atoms with E-state index in [-0.39, 0.29) is 11.4 Å². The second-order valence-corrected chi connectivity index (χ2v) is 2.96. The van der Waals surface area contributed by atoms with Crippen molar-refractivity contribution in [1.82, 2.24) is 0 Å². The molecule has 0 aromatic heterocycles. The number of anilines is 1. The zero-order valence-electron chi connectivity index (χ0n) is 8.27. The molecule has 0 radical (unpaired) electrons. The van der Waals surface area contributed by atoms with E-state index in [0.29, 0.717) is 0 Å². The van der Waals surface area contributed by atoms with Gasteiger partial charge in [0.15, 0.2) is 0 Å². The van der Waals surface area contributed by atoms with Crippen molar-refractivity contribution in [3.05, 3.63) is 54.6 Å². The van der Waals surface area contributed by atoms with Crippen molar-refractivity contribution in [2.24, 2.45) is 0 Å². The summed E-state index contributed by atoms with van der Waals surface area (Å²) in [6.07, 6.45) is 6.70. The van der Waals surface area contributed by atoms with E-state index in [2.05, 4.69) is 0 Å². The van der Waals surface area contributed by atoms with Crippen LogP contribution in [0.25, 0.3) is 0 Å². The Morgan fingerprint density at radius 3 is 1.53 bits per heavy atom. The average Bonchev–Trinajstić information content (AvgIpc) is 2.25. The van der Waals surface area contributed by atoms with Gasteiger partial charge in [0.2, 0.25) is 0 Å². The van der Waals surface area contributed by atoms with Gasteiger partial charge in [0.1, 0.15) is 0 Å². The summed E-state index contributed by atoms with van der Waals surface area (Å²) in [5.41, 5.74) is 6.75. The second kappa shape index (κ2) is 5.54. The van der Waals surface area contributed by atoms with Crippen LogP contribution in [0.2, 0.25) is 0 Å². The maximum atomic E-state index is 7.03. The van der Waals surface area contributed by atoms with Gasteiger partial charge in [-0.1, -0.05) is 30.4 Å². The quantitative estimate of drug-likeness (QED) is 0.435. The number of allylic oxidation sites excluding steroid dienone is 4. The number of nitrogen functional groups attached to an aromatic ring is 1. The highest BCUT2D eigenvalue weighted by atomic mass is 14.5. The Bertz CT molecular complexity index is 380. The van der Waals surface area contributed by atoms with Crippen LogP contribution in [0.3, 0.4) is 0 Å². The normalized spacial score (nSPS) is 13.3. The standard InChI is InChI=1S/C6H6N2.C6H7N/c7-5-3-1-2-4-6(5)8;7-6-4-2-1-3-5-6/h1-4,7-8H;1-5H,7H2. The molecule has 1 aliphatic carbocycles. The Morgan fingerprint density at radius 1 is 0.800 bits per heavy atom. The number of para-hydroxylation sites is 1. The lowest BCUT2D eigenvalue weighted by Gasteiger charge is -1.96. The van der Waals surface area contributed by atoms with Crippen LogP contribution in [0.1, 0.15) is 0 Å². The molecule has 0 saturated heterocycles. The summed E-state index contributed by atoms with van der Waals surface area (Å²) >= 11 is 0. The van der Waals surface area contributed by atoms with Gasteiger partial charge >= 0.3 is 0 Å². The third kappa shape index (κ3) is 4.04. The first-order valence-corrected chi connectivity index (χ1v) is 4.53. The molecule has 3 heteroatoms. The number of rotatable bonds is 0. The summed E-state index contributed by atoms with van der Waals surface area (Å²) in [6.45, 7) is 0. The first-order valence-electron chi connectivity index (χ1n) is 4.53. The zero-order valence-corrected chi connectivity index (χ0v) is 8.27. The molecule has 0 aliphatic heterocycles. The molecule has 0 spiro atoms.